The van der Waals surface area contributed by atoms with Gasteiger partial charge in [-0.1, -0.05) is 12.1 Å². The highest BCUT2D eigenvalue weighted by Gasteiger charge is 2.38. The van der Waals surface area contributed by atoms with E-state index in [1.165, 1.54) is 12.1 Å². The van der Waals surface area contributed by atoms with Crippen LogP contribution < -0.4 is 5.73 Å². The van der Waals surface area contributed by atoms with Gasteiger partial charge in [-0.05, 0) is 51.1 Å². The second-order valence-corrected chi connectivity index (χ2v) is 7.64. The van der Waals surface area contributed by atoms with Crippen molar-refractivity contribution in [3.63, 3.8) is 0 Å². The third-order valence-electron chi connectivity index (χ3n) is 5.29. The van der Waals surface area contributed by atoms with Gasteiger partial charge in [0.1, 0.15) is 17.5 Å². The standard InChI is InChI=1S/C20H26FN5O/c1-20(2,14-4-6-15(21)7-5-14)19(27)26-11-9-16(12-26)25(3)13-18-23-10-8-17(22)24-18/h4-8,10,16H,9,11-13H2,1-3H3,(H2,22,23,24). The number of hydrogen-bond donors (Lipinski definition) is 1. The third kappa shape index (κ3) is 4.24. The fourth-order valence-corrected chi connectivity index (χ4v) is 3.51. The van der Waals surface area contributed by atoms with E-state index in [1.54, 1.807) is 24.4 Å². The number of rotatable bonds is 5. The topological polar surface area (TPSA) is 75.4 Å². The van der Waals surface area contributed by atoms with Gasteiger partial charge >= 0.3 is 0 Å². The maximum absolute atomic E-state index is 13.2. The lowest BCUT2D eigenvalue weighted by atomic mass is 9.83. The first-order chi connectivity index (χ1) is 12.8. The summed E-state index contributed by atoms with van der Waals surface area (Å²) in [6.07, 6.45) is 2.55. The van der Waals surface area contributed by atoms with Gasteiger partial charge in [-0.3, -0.25) is 9.69 Å². The molecule has 2 heterocycles. The fourth-order valence-electron chi connectivity index (χ4n) is 3.51. The van der Waals surface area contributed by atoms with Crippen molar-refractivity contribution in [3.05, 3.63) is 53.7 Å². The van der Waals surface area contributed by atoms with Crippen LogP contribution in [0.15, 0.2) is 36.5 Å². The fraction of sp³-hybridized carbons (Fsp3) is 0.450. The molecule has 0 aliphatic carbocycles. The highest BCUT2D eigenvalue weighted by molar-refractivity contribution is 5.87. The van der Waals surface area contributed by atoms with E-state index in [0.29, 0.717) is 31.3 Å². The zero-order valence-corrected chi connectivity index (χ0v) is 16.0. The number of aromatic nitrogens is 2. The summed E-state index contributed by atoms with van der Waals surface area (Å²) in [6, 6.07) is 8.07. The molecular weight excluding hydrogens is 345 g/mol. The Morgan fingerprint density at radius 2 is 2.04 bits per heavy atom. The van der Waals surface area contributed by atoms with E-state index in [2.05, 4.69) is 14.9 Å². The first-order valence-corrected chi connectivity index (χ1v) is 9.10. The minimum atomic E-state index is -0.696. The largest absolute Gasteiger partial charge is 0.384 e. The number of benzene rings is 1. The number of likely N-dealkylation sites (N-methyl/N-ethyl adjacent to an activating group) is 1. The molecule has 1 unspecified atom stereocenters. The lowest BCUT2D eigenvalue weighted by Gasteiger charge is -2.30. The van der Waals surface area contributed by atoms with Gasteiger partial charge in [0, 0.05) is 25.3 Å². The van der Waals surface area contributed by atoms with E-state index in [1.807, 2.05) is 25.8 Å². The van der Waals surface area contributed by atoms with Gasteiger partial charge in [0.15, 0.2) is 0 Å². The Balaban J connectivity index is 1.64. The number of carbonyl (C=O) groups excluding carboxylic acids is 1. The predicted molar refractivity (Wildman–Crippen MR) is 102 cm³/mol. The van der Waals surface area contributed by atoms with Crippen LogP contribution in [0.3, 0.4) is 0 Å². The molecule has 27 heavy (non-hydrogen) atoms. The summed E-state index contributed by atoms with van der Waals surface area (Å²) in [5.74, 6) is 0.894. The molecule has 1 aromatic heterocycles. The van der Waals surface area contributed by atoms with Crippen molar-refractivity contribution in [2.75, 3.05) is 25.9 Å². The average molecular weight is 371 g/mol. The van der Waals surface area contributed by atoms with E-state index in [-0.39, 0.29) is 17.8 Å². The minimum Gasteiger partial charge on any atom is -0.384 e. The van der Waals surface area contributed by atoms with Gasteiger partial charge in [-0.25, -0.2) is 14.4 Å². The van der Waals surface area contributed by atoms with Crippen LogP contribution in [0.4, 0.5) is 10.2 Å². The summed E-state index contributed by atoms with van der Waals surface area (Å²) in [4.78, 5) is 25.6. The number of nitrogens with zero attached hydrogens (tertiary/aromatic N) is 4. The van der Waals surface area contributed by atoms with Crippen molar-refractivity contribution < 1.29 is 9.18 Å². The normalized spacial score (nSPS) is 17.5. The Labute approximate surface area is 159 Å². The highest BCUT2D eigenvalue weighted by Crippen LogP contribution is 2.28. The number of halogens is 1. The van der Waals surface area contributed by atoms with Crippen LogP contribution in [0.2, 0.25) is 0 Å². The van der Waals surface area contributed by atoms with E-state index < -0.39 is 5.41 Å². The maximum Gasteiger partial charge on any atom is 0.232 e. The summed E-state index contributed by atoms with van der Waals surface area (Å²) >= 11 is 0. The molecule has 2 N–H and O–H groups in total. The quantitative estimate of drug-likeness (QED) is 0.872. The number of hydrogen-bond acceptors (Lipinski definition) is 5. The van der Waals surface area contributed by atoms with Crippen LogP contribution in [-0.2, 0) is 16.8 Å². The van der Waals surface area contributed by atoms with Crippen LogP contribution in [-0.4, -0.2) is 51.9 Å². The Kier molecular flexibility index (Phi) is 5.41. The molecule has 1 aliphatic rings. The second-order valence-electron chi connectivity index (χ2n) is 7.64. The lowest BCUT2D eigenvalue weighted by molar-refractivity contribution is -0.135. The smallest absolute Gasteiger partial charge is 0.232 e. The van der Waals surface area contributed by atoms with Crippen molar-refractivity contribution >= 4 is 11.7 Å². The first-order valence-electron chi connectivity index (χ1n) is 9.10. The van der Waals surface area contributed by atoms with Gasteiger partial charge in [-0.15, -0.1) is 0 Å². The van der Waals surface area contributed by atoms with Crippen molar-refractivity contribution in [3.8, 4) is 0 Å². The van der Waals surface area contributed by atoms with Crippen LogP contribution in [0.1, 0.15) is 31.7 Å². The SMILES string of the molecule is CN(Cc1nccc(N)n1)C1CCN(C(=O)C(C)(C)c2ccc(F)cc2)C1. The molecule has 0 spiro atoms. The molecule has 0 radical (unpaired) electrons. The summed E-state index contributed by atoms with van der Waals surface area (Å²) < 4.78 is 13.2. The summed E-state index contributed by atoms with van der Waals surface area (Å²) in [7, 11) is 2.01. The van der Waals surface area contributed by atoms with Crippen LogP contribution in [0.25, 0.3) is 0 Å². The molecule has 1 aliphatic heterocycles. The molecule has 3 rings (SSSR count). The van der Waals surface area contributed by atoms with Gasteiger partial charge in [-0.2, -0.15) is 0 Å². The molecular formula is C20H26FN5O. The predicted octanol–water partition coefficient (Wildman–Crippen LogP) is 2.21. The molecule has 7 heteroatoms. The van der Waals surface area contributed by atoms with E-state index >= 15 is 0 Å². The van der Waals surface area contributed by atoms with Crippen molar-refractivity contribution in [1.82, 2.24) is 19.8 Å². The maximum atomic E-state index is 13.2. The van der Waals surface area contributed by atoms with Gasteiger partial charge in [0.05, 0.1) is 12.0 Å². The molecule has 1 atom stereocenters. The van der Waals surface area contributed by atoms with Crippen LogP contribution >= 0.6 is 0 Å². The van der Waals surface area contributed by atoms with Gasteiger partial charge in [0.2, 0.25) is 5.91 Å². The third-order valence-corrected chi connectivity index (χ3v) is 5.29. The van der Waals surface area contributed by atoms with Crippen molar-refractivity contribution in [1.29, 1.82) is 0 Å². The first kappa shape index (κ1) is 19.2. The molecule has 1 aromatic carbocycles. The van der Waals surface area contributed by atoms with Crippen LogP contribution in [0.5, 0.6) is 0 Å². The Morgan fingerprint density at radius 1 is 1.33 bits per heavy atom. The zero-order valence-electron chi connectivity index (χ0n) is 16.0. The molecule has 1 saturated heterocycles. The van der Waals surface area contributed by atoms with Crippen LogP contribution in [0, 0.1) is 5.82 Å². The second kappa shape index (κ2) is 7.60. The number of likely N-dealkylation sites (tertiary alicyclic amines) is 1. The molecule has 144 valence electrons. The van der Waals surface area contributed by atoms with E-state index in [9.17, 15) is 9.18 Å². The van der Waals surface area contributed by atoms with Crippen molar-refractivity contribution in [2.45, 2.75) is 38.3 Å². The average Bonchev–Trinajstić information content (AvgIpc) is 3.11. The molecule has 2 aromatic rings. The number of carbonyl (C=O) groups is 1. The summed E-state index contributed by atoms with van der Waals surface area (Å²) in [6.45, 7) is 5.72. The highest BCUT2D eigenvalue weighted by atomic mass is 19.1. The Morgan fingerprint density at radius 3 is 2.70 bits per heavy atom. The number of amides is 1. The molecule has 0 saturated carbocycles. The summed E-state index contributed by atoms with van der Waals surface area (Å²) in [5.41, 5.74) is 5.84. The Bertz CT molecular complexity index is 808. The number of nitrogen functional groups attached to an aromatic ring is 1. The minimum absolute atomic E-state index is 0.0604. The van der Waals surface area contributed by atoms with Crippen molar-refractivity contribution in [2.24, 2.45) is 0 Å². The number of nitrogens with two attached hydrogens (primary N) is 1. The van der Waals surface area contributed by atoms with Gasteiger partial charge < -0.3 is 10.6 Å². The molecule has 1 amide bonds. The zero-order chi connectivity index (χ0) is 19.6. The monoisotopic (exact) mass is 371 g/mol. The molecule has 6 nitrogen and oxygen atoms in total. The van der Waals surface area contributed by atoms with E-state index in [0.717, 1.165) is 12.0 Å². The number of anilines is 1. The van der Waals surface area contributed by atoms with Gasteiger partial charge in [0.25, 0.3) is 0 Å². The molecule has 0 bridgehead atoms. The Hall–Kier alpha value is -2.54. The van der Waals surface area contributed by atoms with E-state index in [4.69, 9.17) is 5.73 Å². The summed E-state index contributed by atoms with van der Waals surface area (Å²) in [5, 5.41) is 0. The molecule has 1 fully saturated rings. The lowest BCUT2D eigenvalue weighted by Crippen LogP contribution is -2.44.